The maximum absolute atomic E-state index is 5.77. The summed E-state index contributed by atoms with van der Waals surface area (Å²) in [6.07, 6.45) is 3.83. The highest BCUT2D eigenvalue weighted by Gasteiger charge is 2.34. The standard InChI is InChI=1S/C25H33N3O/c1-17(2)29-21-12-10-19(11-13-21)26-24-27-22-8-6-7-9-23(22)28(24)20-14-18(3)15-25(4,5)16-20/h6-13,17-18,20H,14-16H2,1-5H3,(H,26,27). The lowest BCUT2D eigenvalue weighted by Crippen LogP contribution is -2.29. The lowest BCUT2D eigenvalue weighted by atomic mass is 9.70. The lowest BCUT2D eigenvalue weighted by molar-refractivity contribution is 0.140. The Hall–Kier alpha value is -2.49. The molecule has 4 rings (SSSR count). The quantitative estimate of drug-likeness (QED) is 0.511. The summed E-state index contributed by atoms with van der Waals surface area (Å²) in [5.74, 6) is 2.53. The van der Waals surface area contributed by atoms with E-state index in [0.29, 0.717) is 17.4 Å². The van der Waals surface area contributed by atoms with Crippen LogP contribution in [0.3, 0.4) is 0 Å². The maximum atomic E-state index is 5.77. The summed E-state index contributed by atoms with van der Waals surface area (Å²) in [5, 5.41) is 3.58. The number of anilines is 2. The third-order valence-electron chi connectivity index (χ3n) is 5.81. The summed E-state index contributed by atoms with van der Waals surface area (Å²) in [6.45, 7) is 11.3. The Balaban J connectivity index is 1.68. The molecule has 2 atom stereocenters. The molecule has 1 heterocycles. The number of para-hydroxylation sites is 2. The zero-order chi connectivity index (χ0) is 20.6. The Labute approximate surface area is 174 Å². The number of imidazole rings is 1. The molecule has 0 saturated heterocycles. The number of fused-ring (bicyclic) bond motifs is 1. The molecule has 0 spiro atoms. The molecule has 1 aliphatic rings. The van der Waals surface area contributed by atoms with Crippen LogP contribution in [0.4, 0.5) is 11.6 Å². The second kappa shape index (κ2) is 7.74. The first-order chi connectivity index (χ1) is 13.8. The average molecular weight is 392 g/mol. The summed E-state index contributed by atoms with van der Waals surface area (Å²) in [7, 11) is 0. The molecule has 0 amide bonds. The number of ether oxygens (including phenoxy) is 1. The number of rotatable bonds is 5. The molecular weight excluding hydrogens is 358 g/mol. The number of hydrogen-bond donors (Lipinski definition) is 1. The Kier molecular flexibility index (Phi) is 5.28. The van der Waals surface area contributed by atoms with Crippen molar-refractivity contribution >= 4 is 22.7 Å². The summed E-state index contributed by atoms with van der Waals surface area (Å²) >= 11 is 0. The van der Waals surface area contributed by atoms with Crippen LogP contribution < -0.4 is 10.1 Å². The SMILES string of the molecule is CC1CC(n2c(Nc3ccc(OC(C)C)cc3)nc3ccccc32)CC(C)(C)C1. The second-order valence-corrected chi connectivity index (χ2v) is 9.68. The van der Waals surface area contributed by atoms with Gasteiger partial charge in [0.15, 0.2) is 0 Å². The molecule has 29 heavy (non-hydrogen) atoms. The molecular formula is C25H33N3O. The molecule has 4 nitrogen and oxygen atoms in total. The molecule has 0 bridgehead atoms. The summed E-state index contributed by atoms with van der Waals surface area (Å²) in [4.78, 5) is 4.95. The Morgan fingerprint density at radius 2 is 1.79 bits per heavy atom. The third kappa shape index (κ3) is 4.42. The zero-order valence-electron chi connectivity index (χ0n) is 18.3. The van der Waals surface area contributed by atoms with Crippen molar-refractivity contribution in [1.82, 2.24) is 9.55 Å². The van der Waals surface area contributed by atoms with Crippen molar-refractivity contribution in [3.63, 3.8) is 0 Å². The third-order valence-corrected chi connectivity index (χ3v) is 5.81. The van der Waals surface area contributed by atoms with Gasteiger partial charge in [0.05, 0.1) is 17.1 Å². The van der Waals surface area contributed by atoms with Crippen molar-refractivity contribution < 1.29 is 4.74 Å². The molecule has 1 fully saturated rings. The fraction of sp³-hybridized carbons (Fsp3) is 0.480. The summed E-state index contributed by atoms with van der Waals surface area (Å²) in [6, 6.07) is 17.1. The van der Waals surface area contributed by atoms with Crippen LogP contribution in [0.15, 0.2) is 48.5 Å². The largest absolute Gasteiger partial charge is 0.491 e. The first-order valence-electron chi connectivity index (χ1n) is 10.8. The topological polar surface area (TPSA) is 39.1 Å². The van der Waals surface area contributed by atoms with E-state index in [9.17, 15) is 0 Å². The van der Waals surface area contributed by atoms with Gasteiger partial charge in [-0.1, -0.05) is 32.9 Å². The van der Waals surface area contributed by atoms with Gasteiger partial charge in [-0.3, -0.25) is 0 Å². The molecule has 154 valence electrons. The normalized spacial score (nSPS) is 21.4. The van der Waals surface area contributed by atoms with E-state index in [1.54, 1.807) is 0 Å². The van der Waals surface area contributed by atoms with Gasteiger partial charge in [-0.25, -0.2) is 4.98 Å². The Bertz CT molecular complexity index is 971. The molecule has 1 N–H and O–H groups in total. The summed E-state index contributed by atoms with van der Waals surface area (Å²) in [5.41, 5.74) is 3.64. The van der Waals surface area contributed by atoms with E-state index in [1.165, 1.54) is 24.8 Å². The van der Waals surface area contributed by atoms with Crippen LogP contribution in [0.5, 0.6) is 5.75 Å². The highest BCUT2D eigenvalue weighted by atomic mass is 16.5. The van der Waals surface area contributed by atoms with Crippen LogP contribution >= 0.6 is 0 Å². The van der Waals surface area contributed by atoms with Gasteiger partial charge in [0.1, 0.15) is 5.75 Å². The summed E-state index contributed by atoms with van der Waals surface area (Å²) < 4.78 is 8.21. The predicted molar refractivity (Wildman–Crippen MR) is 121 cm³/mol. The van der Waals surface area contributed by atoms with Crippen LogP contribution in [0.25, 0.3) is 11.0 Å². The van der Waals surface area contributed by atoms with Crippen molar-refractivity contribution in [2.45, 2.75) is 66.0 Å². The van der Waals surface area contributed by atoms with Crippen molar-refractivity contribution in [3.8, 4) is 5.75 Å². The number of nitrogens with one attached hydrogen (secondary N) is 1. The van der Waals surface area contributed by atoms with Crippen LogP contribution in [0.1, 0.15) is 59.9 Å². The van der Waals surface area contributed by atoms with Gasteiger partial charge in [0, 0.05) is 11.7 Å². The van der Waals surface area contributed by atoms with E-state index >= 15 is 0 Å². The number of aromatic nitrogens is 2. The van der Waals surface area contributed by atoms with Gasteiger partial charge in [0.25, 0.3) is 0 Å². The molecule has 3 aromatic rings. The Morgan fingerprint density at radius 3 is 2.48 bits per heavy atom. The Morgan fingerprint density at radius 1 is 1.07 bits per heavy atom. The number of benzene rings is 2. The van der Waals surface area contributed by atoms with Gasteiger partial charge in [-0.05, 0) is 80.8 Å². The molecule has 4 heteroatoms. The van der Waals surface area contributed by atoms with E-state index in [1.807, 2.05) is 26.0 Å². The smallest absolute Gasteiger partial charge is 0.208 e. The zero-order valence-corrected chi connectivity index (χ0v) is 18.3. The first kappa shape index (κ1) is 19.8. The van der Waals surface area contributed by atoms with Crippen LogP contribution in [-0.4, -0.2) is 15.7 Å². The molecule has 0 aliphatic heterocycles. The monoisotopic (exact) mass is 391 g/mol. The highest BCUT2D eigenvalue weighted by Crippen LogP contribution is 2.46. The first-order valence-corrected chi connectivity index (χ1v) is 10.8. The van der Waals surface area contributed by atoms with Crippen molar-refractivity contribution in [3.05, 3.63) is 48.5 Å². The minimum atomic E-state index is 0.176. The van der Waals surface area contributed by atoms with E-state index in [0.717, 1.165) is 22.9 Å². The maximum Gasteiger partial charge on any atom is 0.208 e. The van der Waals surface area contributed by atoms with Crippen molar-refractivity contribution in [2.75, 3.05) is 5.32 Å². The van der Waals surface area contributed by atoms with E-state index in [4.69, 9.17) is 9.72 Å². The lowest BCUT2D eigenvalue weighted by Gasteiger charge is -2.40. The van der Waals surface area contributed by atoms with E-state index < -0.39 is 0 Å². The minimum absolute atomic E-state index is 0.176. The van der Waals surface area contributed by atoms with Gasteiger partial charge in [-0.15, -0.1) is 0 Å². The average Bonchev–Trinajstić information content (AvgIpc) is 2.99. The fourth-order valence-corrected chi connectivity index (χ4v) is 5.01. The van der Waals surface area contributed by atoms with Crippen LogP contribution in [-0.2, 0) is 0 Å². The molecule has 1 aromatic heterocycles. The molecule has 2 aromatic carbocycles. The van der Waals surface area contributed by atoms with Crippen molar-refractivity contribution in [1.29, 1.82) is 0 Å². The predicted octanol–water partition coefficient (Wildman–Crippen LogP) is 6.95. The fourth-order valence-electron chi connectivity index (χ4n) is 5.01. The number of hydrogen-bond acceptors (Lipinski definition) is 3. The molecule has 2 unspecified atom stereocenters. The molecule has 1 aliphatic carbocycles. The second-order valence-electron chi connectivity index (χ2n) is 9.68. The van der Waals surface area contributed by atoms with Gasteiger partial charge >= 0.3 is 0 Å². The van der Waals surface area contributed by atoms with E-state index in [2.05, 4.69) is 67.1 Å². The van der Waals surface area contributed by atoms with E-state index in [-0.39, 0.29) is 6.10 Å². The molecule has 1 saturated carbocycles. The van der Waals surface area contributed by atoms with Gasteiger partial charge < -0.3 is 14.6 Å². The number of nitrogens with zero attached hydrogens (tertiary/aromatic N) is 2. The van der Waals surface area contributed by atoms with Crippen LogP contribution in [0, 0.1) is 11.3 Å². The van der Waals surface area contributed by atoms with Crippen LogP contribution in [0.2, 0.25) is 0 Å². The molecule has 0 radical (unpaired) electrons. The minimum Gasteiger partial charge on any atom is -0.491 e. The van der Waals surface area contributed by atoms with Crippen molar-refractivity contribution in [2.24, 2.45) is 11.3 Å². The van der Waals surface area contributed by atoms with Gasteiger partial charge in [0.2, 0.25) is 5.95 Å². The highest BCUT2D eigenvalue weighted by molar-refractivity contribution is 5.80. The van der Waals surface area contributed by atoms with Gasteiger partial charge in [-0.2, -0.15) is 0 Å².